The summed E-state index contributed by atoms with van der Waals surface area (Å²) in [7, 11) is 0. The number of nitrogens with zero attached hydrogens (tertiary/aromatic N) is 1. The van der Waals surface area contributed by atoms with Crippen molar-refractivity contribution in [1.29, 1.82) is 0 Å². The van der Waals surface area contributed by atoms with Gasteiger partial charge >= 0.3 is 0 Å². The van der Waals surface area contributed by atoms with Gasteiger partial charge in [0.1, 0.15) is 19.5 Å². The lowest BCUT2D eigenvalue weighted by atomic mass is 9.90. The van der Waals surface area contributed by atoms with E-state index in [2.05, 4.69) is 28.5 Å². The van der Waals surface area contributed by atoms with Crippen LogP contribution in [0.25, 0.3) is 11.3 Å². The zero-order chi connectivity index (χ0) is 16.4. The number of aryl methyl sites for hydroxylation is 2. The molecule has 1 aromatic heterocycles. The van der Waals surface area contributed by atoms with Crippen LogP contribution in [0.4, 0.5) is 5.13 Å². The molecule has 1 aliphatic carbocycles. The van der Waals surface area contributed by atoms with Crippen molar-refractivity contribution in [1.82, 2.24) is 4.98 Å². The number of carbonyl (C=O) groups is 1. The van der Waals surface area contributed by atoms with Gasteiger partial charge in [0.15, 0.2) is 5.13 Å². The molecule has 1 aromatic carbocycles. The average molecular weight is 342 g/mol. The van der Waals surface area contributed by atoms with Gasteiger partial charge in [0.05, 0.1) is 5.69 Å². The van der Waals surface area contributed by atoms with Gasteiger partial charge in [-0.05, 0) is 42.9 Å². The molecule has 2 aromatic rings. The number of anilines is 1. The van der Waals surface area contributed by atoms with Crippen molar-refractivity contribution in [2.24, 2.45) is 0 Å². The van der Waals surface area contributed by atoms with E-state index in [0.717, 1.165) is 17.7 Å². The van der Waals surface area contributed by atoms with Gasteiger partial charge in [-0.15, -0.1) is 11.3 Å². The Labute approximate surface area is 144 Å². The Hall–Kier alpha value is -2.34. The van der Waals surface area contributed by atoms with Crippen LogP contribution in [0.3, 0.4) is 0 Å². The largest absolute Gasteiger partial charge is 0.494 e. The maximum absolute atomic E-state index is 12.1. The summed E-state index contributed by atoms with van der Waals surface area (Å²) in [6.45, 7) is 0.855. The zero-order valence-corrected chi connectivity index (χ0v) is 14.0. The van der Waals surface area contributed by atoms with Crippen molar-refractivity contribution in [3.8, 4) is 11.3 Å². The second kappa shape index (κ2) is 6.65. The van der Waals surface area contributed by atoms with Crippen molar-refractivity contribution in [2.75, 3.05) is 18.5 Å². The first kappa shape index (κ1) is 15.2. The Kier molecular flexibility index (Phi) is 4.21. The summed E-state index contributed by atoms with van der Waals surface area (Å²) in [5.41, 5.74) is 4.87. The minimum atomic E-state index is -0.332. The van der Waals surface area contributed by atoms with E-state index in [4.69, 9.17) is 9.47 Å². The number of ether oxygens (including phenoxy) is 2. The first-order chi connectivity index (χ1) is 11.8. The third kappa shape index (κ3) is 3.14. The number of hydrogen-bond acceptors (Lipinski definition) is 5. The van der Waals surface area contributed by atoms with Gasteiger partial charge in [-0.2, -0.15) is 0 Å². The fourth-order valence-electron chi connectivity index (χ4n) is 3.00. The Balaban J connectivity index is 1.50. The molecule has 0 atom stereocenters. The summed E-state index contributed by atoms with van der Waals surface area (Å²) in [6.07, 6.45) is 6.19. The second-order valence-corrected chi connectivity index (χ2v) is 6.74. The van der Waals surface area contributed by atoms with Crippen molar-refractivity contribution in [3.63, 3.8) is 0 Å². The Bertz CT molecular complexity index is 797. The highest BCUT2D eigenvalue weighted by atomic mass is 32.1. The van der Waals surface area contributed by atoms with Gasteiger partial charge in [-0.3, -0.25) is 10.1 Å². The van der Waals surface area contributed by atoms with E-state index >= 15 is 0 Å². The van der Waals surface area contributed by atoms with Crippen molar-refractivity contribution < 1.29 is 14.3 Å². The average Bonchev–Trinajstić information content (AvgIpc) is 3.10. The smallest absolute Gasteiger partial charge is 0.295 e. The molecule has 1 amide bonds. The maximum Gasteiger partial charge on any atom is 0.295 e. The molecule has 0 spiro atoms. The molecule has 124 valence electrons. The first-order valence-electron chi connectivity index (χ1n) is 8.13. The van der Waals surface area contributed by atoms with Gasteiger partial charge in [-0.25, -0.2) is 4.98 Å². The molecule has 2 aliphatic rings. The minimum absolute atomic E-state index is 0.187. The Morgan fingerprint density at radius 1 is 1.17 bits per heavy atom. The van der Waals surface area contributed by atoms with Crippen LogP contribution in [0.5, 0.6) is 0 Å². The highest BCUT2D eigenvalue weighted by Crippen LogP contribution is 2.29. The monoisotopic (exact) mass is 342 g/mol. The fraction of sp³-hybridized carbons (Fsp3) is 0.333. The third-order valence-corrected chi connectivity index (χ3v) is 5.00. The van der Waals surface area contributed by atoms with Crippen LogP contribution in [0.15, 0.2) is 35.6 Å². The zero-order valence-electron chi connectivity index (χ0n) is 13.2. The summed E-state index contributed by atoms with van der Waals surface area (Å²) in [6, 6.07) is 6.56. The van der Waals surface area contributed by atoms with Crippen LogP contribution in [0.1, 0.15) is 24.0 Å². The van der Waals surface area contributed by atoms with E-state index in [-0.39, 0.29) is 11.7 Å². The number of carbonyl (C=O) groups excluding carboxylic acids is 1. The van der Waals surface area contributed by atoms with E-state index in [9.17, 15) is 4.79 Å². The molecule has 0 saturated heterocycles. The molecule has 0 radical (unpaired) electrons. The molecule has 0 bridgehead atoms. The highest BCUT2D eigenvalue weighted by molar-refractivity contribution is 7.14. The predicted octanol–water partition coefficient (Wildman–Crippen LogP) is 3.52. The highest BCUT2D eigenvalue weighted by Gasteiger charge is 2.17. The summed E-state index contributed by atoms with van der Waals surface area (Å²) in [5.74, 6) is -0.146. The number of hydrogen-bond donors (Lipinski definition) is 1. The first-order valence-corrected chi connectivity index (χ1v) is 9.01. The molecule has 0 fully saturated rings. The fourth-order valence-corrected chi connectivity index (χ4v) is 3.72. The Morgan fingerprint density at radius 3 is 2.88 bits per heavy atom. The molecule has 24 heavy (non-hydrogen) atoms. The molecule has 4 rings (SSSR count). The van der Waals surface area contributed by atoms with E-state index in [0.29, 0.717) is 18.3 Å². The molecule has 5 nitrogen and oxygen atoms in total. The standard InChI is InChI=1S/C18H18N2O3S/c21-17(16-10-22-7-8-23-16)20-18-19-15(11-24-18)14-6-5-12-3-1-2-4-13(12)9-14/h5-6,9-11H,1-4,7-8H2,(H,19,20,21). The lowest BCUT2D eigenvalue weighted by molar-refractivity contribution is -0.117. The van der Waals surface area contributed by atoms with Gasteiger partial charge in [0, 0.05) is 10.9 Å². The normalized spacial score (nSPS) is 16.4. The molecular formula is C18H18N2O3S. The number of rotatable bonds is 3. The number of benzene rings is 1. The van der Waals surface area contributed by atoms with E-state index in [1.54, 1.807) is 0 Å². The van der Waals surface area contributed by atoms with Gasteiger partial charge in [0.25, 0.3) is 5.91 Å². The van der Waals surface area contributed by atoms with Crippen LogP contribution in [0.2, 0.25) is 0 Å². The molecule has 0 saturated carbocycles. The number of aromatic nitrogens is 1. The predicted molar refractivity (Wildman–Crippen MR) is 92.8 cm³/mol. The Morgan fingerprint density at radius 2 is 2.04 bits per heavy atom. The SMILES string of the molecule is O=C(Nc1nc(-c2ccc3c(c2)CCCC3)cs1)C1=COCCO1. The number of nitrogens with one attached hydrogen (secondary N) is 1. The van der Waals surface area contributed by atoms with Crippen LogP contribution < -0.4 is 5.32 Å². The molecule has 0 unspecified atom stereocenters. The molecule has 6 heteroatoms. The quantitative estimate of drug-likeness (QED) is 0.927. The van der Waals surface area contributed by atoms with Gasteiger partial charge < -0.3 is 9.47 Å². The van der Waals surface area contributed by atoms with Crippen LogP contribution in [-0.2, 0) is 27.1 Å². The van der Waals surface area contributed by atoms with Crippen molar-refractivity contribution in [2.45, 2.75) is 25.7 Å². The van der Waals surface area contributed by atoms with Crippen molar-refractivity contribution >= 4 is 22.4 Å². The van der Waals surface area contributed by atoms with Gasteiger partial charge in [0.2, 0.25) is 5.76 Å². The summed E-state index contributed by atoms with van der Waals surface area (Å²) >= 11 is 1.41. The second-order valence-electron chi connectivity index (χ2n) is 5.88. The summed E-state index contributed by atoms with van der Waals surface area (Å²) < 4.78 is 10.4. The topological polar surface area (TPSA) is 60.5 Å². The van der Waals surface area contributed by atoms with Crippen molar-refractivity contribution in [3.05, 3.63) is 46.7 Å². The summed E-state index contributed by atoms with van der Waals surface area (Å²) in [5, 5.41) is 5.28. The van der Waals surface area contributed by atoms with E-state index in [1.165, 1.54) is 48.0 Å². The van der Waals surface area contributed by atoms with Crippen LogP contribution >= 0.6 is 11.3 Å². The molecule has 1 N–H and O–H groups in total. The van der Waals surface area contributed by atoms with Crippen LogP contribution in [-0.4, -0.2) is 24.1 Å². The van der Waals surface area contributed by atoms with E-state index in [1.807, 2.05) is 5.38 Å². The molecular weight excluding hydrogens is 324 g/mol. The minimum Gasteiger partial charge on any atom is -0.494 e. The van der Waals surface area contributed by atoms with Gasteiger partial charge in [-0.1, -0.05) is 12.1 Å². The number of fused-ring (bicyclic) bond motifs is 1. The lowest BCUT2D eigenvalue weighted by Crippen LogP contribution is -2.21. The van der Waals surface area contributed by atoms with Crippen LogP contribution in [0, 0.1) is 0 Å². The van der Waals surface area contributed by atoms with E-state index < -0.39 is 0 Å². The number of amides is 1. The third-order valence-electron chi connectivity index (χ3n) is 4.24. The maximum atomic E-state index is 12.1. The summed E-state index contributed by atoms with van der Waals surface area (Å²) in [4.78, 5) is 16.6. The number of thiazole rings is 1. The molecule has 2 heterocycles. The lowest BCUT2D eigenvalue weighted by Gasteiger charge is -2.16. The molecule has 1 aliphatic heterocycles.